The molecule has 1 heterocycles. The van der Waals surface area contributed by atoms with Gasteiger partial charge in [0.05, 0.1) is 3.79 Å². The number of hydrogen-bond donors (Lipinski definition) is 1. The Morgan fingerprint density at radius 2 is 2.15 bits per heavy atom. The largest absolute Gasteiger partial charge is 0.411 e. The molecule has 0 aromatic carbocycles. The molecular weight excluding hydrogens is 355 g/mol. The van der Waals surface area contributed by atoms with E-state index in [1.165, 1.54) is 0 Å². The molecule has 0 saturated heterocycles. The van der Waals surface area contributed by atoms with Crippen LogP contribution in [-0.2, 0) is 4.74 Å². The lowest BCUT2D eigenvalue weighted by molar-refractivity contribution is -0.174. The van der Waals surface area contributed by atoms with Crippen LogP contribution in [-0.4, -0.2) is 25.9 Å². The maximum atomic E-state index is 12.0. The molecule has 1 atom stereocenters. The first-order chi connectivity index (χ1) is 9.33. The van der Waals surface area contributed by atoms with Gasteiger partial charge in [-0.2, -0.15) is 13.2 Å². The highest BCUT2D eigenvalue weighted by Crippen LogP contribution is 2.32. The molecule has 116 valence electrons. The topological polar surface area (TPSA) is 21.3 Å². The lowest BCUT2D eigenvalue weighted by Crippen LogP contribution is -2.24. The number of hydrogen-bond acceptors (Lipinski definition) is 3. The summed E-state index contributed by atoms with van der Waals surface area (Å²) < 4.78 is 41.8. The summed E-state index contributed by atoms with van der Waals surface area (Å²) in [5.41, 5.74) is 1.14. The molecule has 0 spiro atoms. The van der Waals surface area contributed by atoms with Crippen molar-refractivity contribution in [2.24, 2.45) is 0 Å². The molecule has 2 nitrogen and oxygen atoms in total. The zero-order valence-corrected chi connectivity index (χ0v) is 13.9. The average molecular weight is 374 g/mol. The maximum Gasteiger partial charge on any atom is 0.411 e. The van der Waals surface area contributed by atoms with E-state index in [9.17, 15) is 13.2 Å². The number of aryl methyl sites for hydroxylation is 1. The lowest BCUT2D eigenvalue weighted by Gasteiger charge is -2.17. The van der Waals surface area contributed by atoms with Crippen LogP contribution < -0.4 is 5.32 Å². The Morgan fingerprint density at radius 1 is 1.45 bits per heavy atom. The predicted molar refractivity (Wildman–Crippen MR) is 79.3 cm³/mol. The first-order valence-electron chi connectivity index (χ1n) is 6.47. The van der Waals surface area contributed by atoms with Crippen molar-refractivity contribution >= 4 is 27.3 Å². The summed E-state index contributed by atoms with van der Waals surface area (Å²) in [6.45, 7) is 3.80. The van der Waals surface area contributed by atoms with E-state index in [0.29, 0.717) is 6.42 Å². The van der Waals surface area contributed by atoms with Gasteiger partial charge in [0, 0.05) is 17.5 Å². The van der Waals surface area contributed by atoms with Crippen molar-refractivity contribution in [2.45, 2.75) is 38.9 Å². The minimum absolute atomic E-state index is 0.0400. The second-order valence-electron chi connectivity index (χ2n) is 4.57. The van der Waals surface area contributed by atoms with Crippen LogP contribution in [0.2, 0.25) is 0 Å². The Kier molecular flexibility index (Phi) is 7.50. The molecule has 7 heteroatoms. The average Bonchev–Trinajstić information content (AvgIpc) is 2.67. The minimum atomic E-state index is -4.26. The highest BCUT2D eigenvalue weighted by molar-refractivity contribution is 9.11. The second-order valence-corrected chi connectivity index (χ2v) is 6.97. The SMILES string of the molecule is CCCNC(CCOCC(F)(F)F)c1cc(C)c(Br)s1. The molecule has 0 radical (unpaired) electrons. The summed E-state index contributed by atoms with van der Waals surface area (Å²) in [5.74, 6) is 0. The fraction of sp³-hybridized carbons (Fsp3) is 0.692. The molecule has 0 bridgehead atoms. The molecule has 1 unspecified atom stereocenters. The van der Waals surface area contributed by atoms with Crippen molar-refractivity contribution in [1.82, 2.24) is 5.32 Å². The molecule has 0 saturated carbocycles. The molecule has 0 aliphatic rings. The summed E-state index contributed by atoms with van der Waals surface area (Å²) in [7, 11) is 0. The Bertz CT molecular complexity index is 389. The van der Waals surface area contributed by atoms with E-state index < -0.39 is 12.8 Å². The summed E-state index contributed by atoms with van der Waals surface area (Å²) >= 11 is 5.08. The third kappa shape index (κ3) is 6.56. The first kappa shape index (κ1) is 17.9. The van der Waals surface area contributed by atoms with Crippen LogP contribution in [0.5, 0.6) is 0 Å². The third-order valence-electron chi connectivity index (χ3n) is 2.68. The second kappa shape index (κ2) is 8.36. The predicted octanol–water partition coefficient (Wildman–Crippen LogP) is 4.83. The van der Waals surface area contributed by atoms with Crippen LogP contribution in [0, 0.1) is 6.92 Å². The van der Waals surface area contributed by atoms with E-state index in [1.807, 2.05) is 6.92 Å². The number of rotatable bonds is 8. The van der Waals surface area contributed by atoms with Crippen molar-refractivity contribution in [3.8, 4) is 0 Å². The fourth-order valence-corrected chi connectivity index (χ4v) is 3.39. The minimum Gasteiger partial charge on any atom is -0.372 e. The molecule has 1 N–H and O–H groups in total. The lowest BCUT2D eigenvalue weighted by atomic mass is 10.1. The van der Waals surface area contributed by atoms with Gasteiger partial charge >= 0.3 is 6.18 Å². The van der Waals surface area contributed by atoms with E-state index in [-0.39, 0.29) is 12.6 Å². The zero-order valence-electron chi connectivity index (χ0n) is 11.5. The van der Waals surface area contributed by atoms with Gasteiger partial charge in [0.2, 0.25) is 0 Å². The van der Waals surface area contributed by atoms with Gasteiger partial charge in [-0.15, -0.1) is 11.3 Å². The highest BCUT2D eigenvalue weighted by atomic mass is 79.9. The van der Waals surface area contributed by atoms with E-state index in [0.717, 1.165) is 27.2 Å². The van der Waals surface area contributed by atoms with Crippen LogP contribution in [0.3, 0.4) is 0 Å². The van der Waals surface area contributed by atoms with Crippen molar-refractivity contribution in [3.05, 3.63) is 20.3 Å². The number of alkyl halides is 3. The van der Waals surface area contributed by atoms with Gasteiger partial charge in [0.25, 0.3) is 0 Å². The standard InChI is InChI=1S/C13H19BrF3NOS/c1-3-5-18-10(4-6-19-8-13(15,16)17)11-7-9(2)12(14)20-11/h7,10,18H,3-6,8H2,1-2H3. The molecule has 20 heavy (non-hydrogen) atoms. The summed E-state index contributed by atoms with van der Waals surface area (Å²) in [5, 5.41) is 3.35. The van der Waals surface area contributed by atoms with Gasteiger partial charge in [-0.1, -0.05) is 6.92 Å². The van der Waals surface area contributed by atoms with Crippen molar-refractivity contribution in [3.63, 3.8) is 0 Å². The van der Waals surface area contributed by atoms with E-state index in [4.69, 9.17) is 4.74 Å². The highest BCUT2D eigenvalue weighted by Gasteiger charge is 2.27. The summed E-state index contributed by atoms with van der Waals surface area (Å²) in [6, 6.07) is 2.10. The Labute approximate surface area is 129 Å². The fourth-order valence-electron chi connectivity index (χ4n) is 1.71. The van der Waals surface area contributed by atoms with E-state index >= 15 is 0 Å². The van der Waals surface area contributed by atoms with Crippen molar-refractivity contribution in [1.29, 1.82) is 0 Å². The first-order valence-corrected chi connectivity index (χ1v) is 8.08. The van der Waals surface area contributed by atoms with Crippen LogP contribution in [0.4, 0.5) is 13.2 Å². The van der Waals surface area contributed by atoms with Gasteiger partial charge in [-0.3, -0.25) is 0 Å². The molecular formula is C13H19BrF3NOS. The molecule has 1 aromatic rings. The molecule has 0 amide bonds. The van der Waals surface area contributed by atoms with Crippen LogP contribution in [0.15, 0.2) is 9.85 Å². The normalized spacial score (nSPS) is 13.7. The molecule has 0 fully saturated rings. The number of ether oxygens (including phenoxy) is 1. The van der Waals surface area contributed by atoms with Crippen LogP contribution in [0.1, 0.15) is 36.2 Å². The number of halogens is 4. The smallest absolute Gasteiger partial charge is 0.372 e. The molecule has 0 aliphatic heterocycles. The van der Waals surface area contributed by atoms with Crippen LogP contribution >= 0.6 is 27.3 Å². The molecule has 1 aromatic heterocycles. The quantitative estimate of drug-likeness (QED) is 0.659. The van der Waals surface area contributed by atoms with Gasteiger partial charge in [-0.25, -0.2) is 0 Å². The van der Waals surface area contributed by atoms with Gasteiger partial charge < -0.3 is 10.1 Å². The van der Waals surface area contributed by atoms with Gasteiger partial charge in [0.1, 0.15) is 6.61 Å². The molecule has 1 rings (SSSR count). The monoisotopic (exact) mass is 373 g/mol. The Balaban J connectivity index is 2.52. The van der Waals surface area contributed by atoms with Crippen molar-refractivity contribution in [2.75, 3.05) is 19.8 Å². The number of thiophene rings is 1. The number of nitrogens with one attached hydrogen (secondary N) is 1. The van der Waals surface area contributed by atoms with Gasteiger partial charge in [0.15, 0.2) is 0 Å². The Morgan fingerprint density at radius 3 is 2.65 bits per heavy atom. The summed E-state index contributed by atoms with van der Waals surface area (Å²) in [4.78, 5) is 1.12. The van der Waals surface area contributed by atoms with Crippen LogP contribution in [0.25, 0.3) is 0 Å². The molecule has 0 aliphatic carbocycles. The van der Waals surface area contributed by atoms with Crippen molar-refractivity contribution < 1.29 is 17.9 Å². The summed E-state index contributed by atoms with van der Waals surface area (Å²) in [6.07, 6.45) is -2.75. The van der Waals surface area contributed by atoms with E-state index in [2.05, 4.69) is 34.2 Å². The zero-order chi connectivity index (χ0) is 15.2. The maximum absolute atomic E-state index is 12.0. The van der Waals surface area contributed by atoms with Gasteiger partial charge in [-0.05, 0) is 53.9 Å². The third-order valence-corrected chi connectivity index (χ3v) is 4.93. The Hall–Kier alpha value is -0.110. The van der Waals surface area contributed by atoms with E-state index in [1.54, 1.807) is 11.3 Å².